The Morgan fingerprint density at radius 2 is 1.72 bits per heavy atom. The summed E-state index contributed by atoms with van der Waals surface area (Å²) < 4.78 is 35.0. The summed E-state index contributed by atoms with van der Waals surface area (Å²) in [6.07, 6.45) is 3.41. The Hall–Kier alpha value is -3.13. The Labute approximate surface area is 169 Å². The molecule has 0 bridgehead atoms. The van der Waals surface area contributed by atoms with Gasteiger partial charge in [0.25, 0.3) is 5.56 Å². The Kier molecular flexibility index (Phi) is 6.03. The molecule has 2 aromatic carbocycles. The summed E-state index contributed by atoms with van der Waals surface area (Å²) in [4.78, 5) is 18.8. The van der Waals surface area contributed by atoms with Gasteiger partial charge in [-0.05, 0) is 49.7 Å². The summed E-state index contributed by atoms with van der Waals surface area (Å²) in [6.45, 7) is 3.98. The minimum absolute atomic E-state index is 0.00470. The van der Waals surface area contributed by atoms with Crippen molar-refractivity contribution in [3.63, 3.8) is 0 Å². The zero-order valence-corrected chi connectivity index (χ0v) is 17.2. The fourth-order valence-electron chi connectivity index (χ4n) is 2.56. The normalized spacial score (nSPS) is 12.4. The molecule has 0 amide bonds. The molecular weight excluding hydrogens is 392 g/mol. The number of rotatable bonds is 7. The maximum absolute atomic E-state index is 11.7. The number of H-pyrrole nitrogens is 1. The minimum atomic E-state index is -3.28. The second kappa shape index (κ2) is 8.48. The van der Waals surface area contributed by atoms with Crippen LogP contribution in [0.5, 0.6) is 17.2 Å². The van der Waals surface area contributed by atoms with Crippen molar-refractivity contribution in [2.24, 2.45) is 0 Å². The number of benzene rings is 2. The maximum Gasteiger partial charge on any atom is 0.251 e. The first-order valence-electron chi connectivity index (χ1n) is 9.10. The molecule has 0 saturated heterocycles. The van der Waals surface area contributed by atoms with Crippen molar-refractivity contribution >= 4 is 9.84 Å². The lowest BCUT2D eigenvalue weighted by atomic mass is 10.1. The van der Waals surface area contributed by atoms with Crippen LogP contribution in [-0.2, 0) is 9.84 Å². The Morgan fingerprint density at radius 1 is 1.03 bits per heavy atom. The van der Waals surface area contributed by atoms with Crippen molar-refractivity contribution in [2.75, 3.05) is 6.26 Å². The van der Waals surface area contributed by atoms with Crippen molar-refractivity contribution in [2.45, 2.75) is 31.3 Å². The van der Waals surface area contributed by atoms with Crippen molar-refractivity contribution in [3.05, 3.63) is 65.1 Å². The van der Waals surface area contributed by atoms with E-state index >= 15 is 0 Å². The minimum Gasteiger partial charge on any atom is -0.491 e. The third-order valence-corrected chi connectivity index (χ3v) is 5.35. The van der Waals surface area contributed by atoms with E-state index in [0.717, 1.165) is 12.7 Å². The molecule has 1 aromatic heterocycles. The summed E-state index contributed by atoms with van der Waals surface area (Å²) in [5, 5.41) is 0. The Balaban J connectivity index is 1.97. The van der Waals surface area contributed by atoms with Gasteiger partial charge >= 0.3 is 0 Å². The van der Waals surface area contributed by atoms with Crippen LogP contribution < -0.4 is 15.0 Å². The molecule has 0 saturated carbocycles. The molecule has 0 spiro atoms. The molecule has 0 radical (unpaired) electrons. The van der Waals surface area contributed by atoms with Crippen LogP contribution in [-0.4, -0.2) is 30.7 Å². The first kappa shape index (κ1) is 20.6. The molecule has 1 N–H and O–H groups in total. The summed E-state index contributed by atoms with van der Waals surface area (Å²) in [5.41, 5.74) is 0.369. The van der Waals surface area contributed by atoms with Crippen LogP contribution in [0.15, 0.2) is 64.4 Å². The van der Waals surface area contributed by atoms with Gasteiger partial charge < -0.3 is 14.5 Å². The van der Waals surface area contributed by atoms with Gasteiger partial charge in [0, 0.05) is 30.1 Å². The van der Waals surface area contributed by atoms with Gasteiger partial charge in [-0.1, -0.05) is 6.92 Å². The lowest BCUT2D eigenvalue weighted by Crippen LogP contribution is -2.10. The van der Waals surface area contributed by atoms with Crippen molar-refractivity contribution in [1.82, 2.24) is 9.97 Å². The summed E-state index contributed by atoms with van der Waals surface area (Å²) in [7, 11) is -3.28. The molecule has 1 heterocycles. The van der Waals surface area contributed by atoms with E-state index in [2.05, 4.69) is 9.97 Å². The lowest BCUT2D eigenvalue weighted by molar-refractivity contribution is 0.217. The van der Waals surface area contributed by atoms with E-state index < -0.39 is 9.84 Å². The molecule has 3 aromatic rings. The summed E-state index contributed by atoms with van der Waals surface area (Å²) in [5.74, 6) is 1.91. The van der Waals surface area contributed by atoms with Gasteiger partial charge in [0.1, 0.15) is 23.1 Å². The van der Waals surface area contributed by atoms with Gasteiger partial charge in [0.15, 0.2) is 9.84 Å². The fourth-order valence-corrected chi connectivity index (χ4v) is 3.19. The maximum atomic E-state index is 11.7. The van der Waals surface area contributed by atoms with Crippen LogP contribution in [0, 0.1) is 0 Å². The monoisotopic (exact) mass is 414 g/mol. The van der Waals surface area contributed by atoms with Crippen molar-refractivity contribution in [1.29, 1.82) is 0 Å². The highest BCUT2D eigenvalue weighted by molar-refractivity contribution is 7.90. The smallest absolute Gasteiger partial charge is 0.251 e. The van der Waals surface area contributed by atoms with Gasteiger partial charge in [-0.2, -0.15) is 0 Å². The topological polar surface area (TPSA) is 98.3 Å². The van der Waals surface area contributed by atoms with Crippen LogP contribution in [0.1, 0.15) is 20.3 Å². The molecule has 0 unspecified atom stereocenters. The summed E-state index contributed by atoms with van der Waals surface area (Å²) in [6, 6.07) is 12.7. The SMILES string of the molecule is CC[C@H](C)Oc1cc(Oc2ccc(S(C)(=O)=O)cc2)cc(-c2nccc(=O)[nH]2)c1. The molecule has 0 aliphatic heterocycles. The zero-order chi connectivity index (χ0) is 21.0. The molecule has 1 atom stereocenters. The number of hydrogen-bond donors (Lipinski definition) is 1. The Bertz CT molecular complexity index is 1150. The molecule has 0 aliphatic carbocycles. The molecule has 29 heavy (non-hydrogen) atoms. The second-order valence-corrected chi connectivity index (χ2v) is 8.67. The highest BCUT2D eigenvalue weighted by Crippen LogP contribution is 2.32. The quantitative estimate of drug-likeness (QED) is 0.631. The third-order valence-electron chi connectivity index (χ3n) is 4.22. The number of hydrogen-bond acceptors (Lipinski definition) is 6. The molecule has 3 rings (SSSR count). The number of nitrogens with one attached hydrogen (secondary N) is 1. The molecule has 7 nitrogen and oxygen atoms in total. The van der Waals surface area contributed by atoms with Gasteiger partial charge in [-0.15, -0.1) is 0 Å². The zero-order valence-electron chi connectivity index (χ0n) is 16.4. The molecular formula is C21H22N2O5S. The van der Waals surface area contributed by atoms with Gasteiger partial charge in [-0.3, -0.25) is 4.79 Å². The van der Waals surface area contributed by atoms with E-state index in [1.54, 1.807) is 30.3 Å². The Morgan fingerprint density at radius 3 is 2.34 bits per heavy atom. The van der Waals surface area contributed by atoms with Crippen molar-refractivity contribution < 1.29 is 17.9 Å². The molecule has 8 heteroatoms. The van der Waals surface area contributed by atoms with E-state index in [9.17, 15) is 13.2 Å². The van der Waals surface area contributed by atoms with Crippen LogP contribution in [0.3, 0.4) is 0 Å². The van der Waals surface area contributed by atoms with E-state index in [-0.39, 0.29) is 16.6 Å². The number of nitrogens with zero attached hydrogens (tertiary/aromatic N) is 1. The van der Waals surface area contributed by atoms with E-state index in [1.165, 1.54) is 24.4 Å². The third kappa shape index (κ3) is 5.45. The highest BCUT2D eigenvalue weighted by atomic mass is 32.2. The van der Waals surface area contributed by atoms with Crippen molar-refractivity contribution in [3.8, 4) is 28.6 Å². The number of aromatic amines is 1. The number of aromatic nitrogens is 2. The predicted molar refractivity (Wildman–Crippen MR) is 110 cm³/mol. The van der Waals surface area contributed by atoms with Crippen LogP contribution >= 0.6 is 0 Å². The second-order valence-electron chi connectivity index (χ2n) is 6.66. The van der Waals surface area contributed by atoms with Gasteiger partial charge in [-0.25, -0.2) is 13.4 Å². The number of sulfone groups is 1. The van der Waals surface area contributed by atoms with Gasteiger partial charge in [0.05, 0.1) is 11.0 Å². The predicted octanol–water partition coefficient (Wildman–Crippen LogP) is 3.81. The van der Waals surface area contributed by atoms with E-state index in [4.69, 9.17) is 9.47 Å². The first-order valence-corrected chi connectivity index (χ1v) is 11.0. The van der Waals surface area contributed by atoms with Gasteiger partial charge in [0.2, 0.25) is 0 Å². The average molecular weight is 414 g/mol. The van der Waals surface area contributed by atoms with Crippen LogP contribution in [0.2, 0.25) is 0 Å². The molecule has 152 valence electrons. The standard InChI is InChI=1S/C21H22N2O5S/c1-4-14(2)27-17-11-15(21-22-10-9-20(24)23-21)12-18(13-17)28-16-5-7-19(8-6-16)29(3,25)26/h5-14H,4H2,1-3H3,(H,22,23,24)/t14-/m0/s1. The van der Waals surface area contributed by atoms with Crippen LogP contribution in [0.4, 0.5) is 0 Å². The van der Waals surface area contributed by atoms with E-state index in [1.807, 2.05) is 13.8 Å². The van der Waals surface area contributed by atoms with E-state index in [0.29, 0.717) is 28.6 Å². The number of ether oxygens (including phenoxy) is 2. The summed E-state index contributed by atoms with van der Waals surface area (Å²) >= 11 is 0. The molecule has 0 fully saturated rings. The highest BCUT2D eigenvalue weighted by Gasteiger charge is 2.11. The fraction of sp³-hybridized carbons (Fsp3) is 0.238. The van der Waals surface area contributed by atoms with Crippen LogP contribution in [0.25, 0.3) is 11.4 Å². The first-order chi connectivity index (χ1) is 13.7. The largest absolute Gasteiger partial charge is 0.491 e. The average Bonchev–Trinajstić information content (AvgIpc) is 2.67. The lowest BCUT2D eigenvalue weighted by Gasteiger charge is -2.15. The molecule has 0 aliphatic rings.